The first-order valence-electron chi connectivity index (χ1n) is 9.84. The zero-order chi connectivity index (χ0) is 20.3. The van der Waals surface area contributed by atoms with Gasteiger partial charge in [0, 0.05) is 56.8 Å². The highest BCUT2D eigenvalue weighted by atomic mass is 16.5. The molecule has 0 spiro atoms. The second-order valence-electron chi connectivity index (χ2n) is 8.11. The van der Waals surface area contributed by atoms with Crippen LogP contribution in [0.4, 0.5) is 5.69 Å². The van der Waals surface area contributed by atoms with Gasteiger partial charge in [-0.05, 0) is 37.5 Å². The fourth-order valence-corrected chi connectivity index (χ4v) is 3.94. The Morgan fingerprint density at radius 3 is 2.75 bits per heavy atom. The summed E-state index contributed by atoms with van der Waals surface area (Å²) in [5, 5.41) is 2.96. The third kappa shape index (κ3) is 4.82. The van der Waals surface area contributed by atoms with Gasteiger partial charge in [-0.25, -0.2) is 0 Å². The monoisotopic (exact) mass is 387 g/mol. The summed E-state index contributed by atoms with van der Waals surface area (Å²) in [6.45, 7) is 3.57. The smallest absolute Gasteiger partial charge is 0.306 e. The van der Waals surface area contributed by atoms with Crippen LogP contribution in [0, 0.1) is 11.8 Å². The topological polar surface area (TPSA) is 79.0 Å². The molecule has 0 bridgehead atoms. The number of esters is 1. The quantitative estimate of drug-likeness (QED) is 0.752. The van der Waals surface area contributed by atoms with Crippen LogP contribution in [0.3, 0.4) is 0 Å². The summed E-state index contributed by atoms with van der Waals surface area (Å²) < 4.78 is 4.90. The second-order valence-corrected chi connectivity index (χ2v) is 8.11. The number of rotatable bonds is 6. The van der Waals surface area contributed by atoms with Crippen LogP contribution in [0.25, 0.3) is 0 Å². The van der Waals surface area contributed by atoms with E-state index in [0.717, 1.165) is 12.1 Å². The maximum absolute atomic E-state index is 13.0. The van der Waals surface area contributed by atoms with Gasteiger partial charge in [0.15, 0.2) is 0 Å². The first kappa shape index (κ1) is 20.2. The summed E-state index contributed by atoms with van der Waals surface area (Å²) in [7, 11) is 3.91. The minimum Gasteiger partial charge on any atom is -0.465 e. The van der Waals surface area contributed by atoms with Gasteiger partial charge in [0.25, 0.3) is 5.91 Å². The molecule has 0 aliphatic carbocycles. The number of cyclic esters (lactones) is 1. The lowest BCUT2D eigenvalue weighted by Crippen LogP contribution is -2.35. The Kier molecular flexibility index (Phi) is 6.21. The summed E-state index contributed by atoms with van der Waals surface area (Å²) in [4.78, 5) is 40.1. The van der Waals surface area contributed by atoms with Gasteiger partial charge in [0.1, 0.15) is 0 Å². The Balaban J connectivity index is 1.51. The Morgan fingerprint density at radius 2 is 2.07 bits per heavy atom. The standard InChI is InChI=1S/C21H29N3O4/c1-14-7-16(11-22-19(25)8-15-9-20(26)28-13-15)12-24(14)21(27)17-5-4-6-18(10-17)23(2)3/h4-6,10,14-16H,7-9,11-13H2,1-3H3,(H,22,25). The number of nitrogens with zero attached hydrogens (tertiary/aromatic N) is 2. The van der Waals surface area contributed by atoms with Gasteiger partial charge >= 0.3 is 5.97 Å². The van der Waals surface area contributed by atoms with E-state index in [0.29, 0.717) is 38.1 Å². The third-order valence-corrected chi connectivity index (χ3v) is 5.53. The van der Waals surface area contributed by atoms with Crippen LogP contribution in [-0.4, -0.2) is 62.5 Å². The van der Waals surface area contributed by atoms with Gasteiger partial charge in [0.05, 0.1) is 13.0 Å². The number of ether oxygens (including phenoxy) is 1. The fraction of sp³-hybridized carbons (Fsp3) is 0.571. The van der Waals surface area contributed by atoms with E-state index in [9.17, 15) is 14.4 Å². The molecule has 7 heteroatoms. The molecule has 2 aliphatic heterocycles. The zero-order valence-electron chi connectivity index (χ0n) is 16.8. The molecule has 0 radical (unpaired) electrons. The van der Waals surface area contributed by atoms with Gasteiger partial charge in [0.2, 0.25) is 5.91 Å². The highest BCUT2D eigenvalue weighted by Gasteiger charge is 2.33. The molecule has 0 saturated carbocycles. The molecule has 1 aromatic rings. The molecule has 3 rings (SSSR count). The maximum Gasteiger partial charge on any atom is 0.306 e. The average Bonchev–Trinajstić information content (AvgIpc) is 3.24. The minimum atomic E-state index is -0.227. The van der Waals surface area contributed by atoms with Crippen molar-refractivity contribution in [1.29, 1.82) is 0 Å². The van der Waals surface area contributed by atoms with Crippen molar-refractivity contribution >= 4 is 23.5 Å². The van der Waals surface area contributed by atoms with Gasteiger partial charge in [-0.2, -0.15) is 0 Å². The molecular formula is C21H29N3O4. The number of anilines is 1. The summed E-state index contributed by atoms with van der Waals surface area (Å²) in [6.07, 6.45) is 1.50. The molecular weight excluding hydrogens is 358 g/mol. The van der Waals surface area contributed by atoms with E-state index in [1.807, 2.05) is 48.2 Å². The molecule has 1 N–H and O–H groups in total. The van der Waals surface area contributed by atoms with Crippen molar-refractivity contribution in [3.05, 3.63) is 29.8 Å². The van der Waals surface area contributed by atoms with Crippen LogP contribution in [0.2, 0.25) is 0 Å². The molecule has 2 fully saturated rings. The van der Waals surface area contributed by atoms with E-state index in [-0.39, 0.29) is 35.7 Å². The lowest BCUT2D eigenvalue weighted by Gasteiger charge is -2.22. The van der Waals surface area contributed by atoms with E-state index in [1.54, 1.807) is 0 Å². The first-order valence-corrected chi connectivity index (χ1v) is 9.84. The van der Waals surface area contributed by atoms with E-state index < -0.39 is 0 Å². The van der Waals surface area contributed by atoms with Crippen molar-refractivity contribution in [1.82, 2.24) is 10.2 Å². The van der Waals surface area contributed by atoms with Gasteiger partial charge in [-0.3, -0.25) is 14.4 Å². The predicted octanol–water partition coefficient (Wildman–Crippen LogP) is 1.67. The lowest BCUT2D eigenvalue weighted by molar-refractivity contribution is -0.138. The van der Waals surface area contributed by atoms with Crippen LogP contribution >= 0.6 is 0 Å². The van der Waals surface area contributed by atoms with Gasteiger partial charge < -0.3 is 19.9 Å². The molecule has 3 atom stereocenters. The fourth-order valence-electron chi connectivity index (χ4n) is 3.94. The van der Waals surface area contributed by atoms with E-state index in [2.05, 4.69) is 12.2 Å². The van der Waals surface area contributed by atoms with Crippen molar-refractivity contribution < 1.29 is 19.1 Å². The lowest BCUT2D eigenvalue weighted by atomic mass is 10.0. The van der Waals surface area contributed by atoms with E-state index in [4.69, 9.17) is 4.74 Å². The number of carbonyl (C=O) groups excluding carboxylic acids is 3. The minimum absolute atomic E-state index is 0.0166. The molecule has 2 heterocycles. The number of carbonyl (C=O) groups is 3. The summed E-state index contributed by atoms with van der Waals surface area (Å²) in [6, 6.07) is 7.78. The zero-order valence-corrected chi connectivity index (χ0v) is 16.8. The van der Waals surface area contributed by atoms with Crippen molar-refractivity contribution in [2.24, 2.45) is 11.8 Å². The van der Waals surface area contributed by atoms with E-state index in [1.165, 1.54) is 0 Å². The maximum atomic E-state index is 13.0. The van der Waals surface area contributed by atoms with Crippen LogP contribution in [0.1, 0.15) is 36.5 Å². The summed E-state index contributed by atoms with van der Waals surface area (Å²) in [5.41, 5.74) is 1.68. The van der Waals surface area contributed by atoms with Crippen molar-refractivity contribution in [3.63, 3.8) is 0 Å². The summed E-state index contributed by atoms with van der Waals surface area (Å²) >= 11 is 0. The van der Waals surface area contributed by atoms with Crippen LogP contribution in [0.5, 0.6) is 0 Å². The number of benzene rings is 1. The molecule has 2 saturated heterocycles. The Labute approximate surface area is 166 Å². The molecule has 28 heavy (non-hydrogen) atoms. The Bertz CT molecular complexity index is 749. The SMILES string of the molecule is CC1CC(CNC(=O)CC2COC(=O)C2)CN1C(=O)c1cccc(N(C)C)c1. The Morgan fingerprint density at radius 1 is 1.29 bits per heavy atom. The Hall–Kier alpha value is -2.57. The number of nitrogens with one attached hydrogen (secondary N) is 1. The third-order valence-electron chi connectivity index (χ3n) is 5.53. The average molecular weight is 387 g/mol. The van der Waals surface area contributed by atoms with Crippen LogP contribution in [0.15, 0.2) is 24.3 Å². The predicted molar refractivity (Wildman–Crippen MR) is 106 cm³/mol. The molecule has 1 aromatic carbocycles. The summed E-state index contributed by atoms with van der Waals surface area (Å²) in [5.74, 6) is -0.0283. The molecule has 2 aliphatic rings. The van der Waals surface area contributed by atoms with Crippen LogP contribution < -0.4 is 10.2 Å². The number of amides is 2. The normalized spacial score (nSPS) is 24.2. The number of hydrogen-bond acceptors (Lipinski definition) is 5. The molecule has 2 amide bonds. The van der Waals surface area contributed by atoms with Crippen molar-refractivity contribution in [2.45, 2.75) is 32.2 Å². The van der Waals surface area contributed by atoms with Crippen molar-refractivity contribution in [2.75, 3.05) is 38.7 Å². The van der Waals surface area contributed by atoms with Crippen LogP contribution in [-0.2, 0) is 14.3 Å². The number of likely N-dealkylation sites (tertiary alicyclic amines) is 1. The second kappa shape index (κ2) is 8.63. The molecule has 7 nitrogen and oxygen atoms in total. The first-order chi connectivity index (χ1) is 13.3. The highest BCUT2D eigenvalue weighted by Crippen LogP contribution is 2.26. The molecule has 0 aromatic heterocycles. The largest absolute Gasteiger partial charge is 0.465 e. The number of hydrogen-bond donors (Lipinski definition) is 1. The van der Waals surface area contributed by atoms with E-state index >= 15 is 0 Å². The highest BCUT2D eigenvalue weighted by molar-refractivity contribution is 5.95. The molecule has 152 valence electrons. The van der Waals surface area contributed by atoms with Gasteiger partial charge in [-0.15, -0.1) is 0 Å². The van der Waals surface area contributed by atoms with Gasteiger partial charge in [-0.1, -0.05) is 6.07 Å². The van der Waals surface area contributed by atoms with Crippen molar-refractivity contribution in [3.8, 4) is 0 Å². The molecule has 3 unspecified atom stereocenters.